The Balaban J connectivity index is 2.01. The molecule has 0 aliphatic carbocycles. The molecule has 2 aromatic carbocycles. The molecule has 8 heteroatoms. The Morgan fingerprint density at radius 2 is 1.54 bits per heavy atom. The lowest BCUT2D eigenvalue weighted by atomic mass is 10.1. The van der Waals surface area contributed by atoms with Crippen LogP contribution in [0.4, 0.5) is 11.5 Å². The number of hydrogen-bond donors (Lipinski definition) is 2. The van der Waals surface area contributed by atoms with E-state index < -0.39 is 11.2 Å². The molecule has 0 unspecified atom stereocenters. The van der Waals surface area contributed by atoms with Crippen molar-refractivity contribution in [2.75, 3.05) is 17.2 Å². The summed E-state index contributed by atoms with van der Waals surface area (Å²) in [6.45, 7) is 7.28. The van der Waals surface area contributed by atoms with Crippen LogP contribution >= 0.6 is 0 Å². The van der Waals surface area contributed by atoms with Crippen molar-refractivity contribution in [3.05, 3.63) is 92.6 Å². The summed E-state index contributed by atoms with van der Waals surface area (Å²) in [6.07, 6.45) is 1.58. The molecule has 0 saturated carbocycles. The summed E-state index contributed by atoms with van der Waals surface area (Å²) in [4.78, 5) is 45.0. The molecule has 0 radical (unpaired) electrons. The topological polar surface area (TPSA) is 104 Å². The number of amides is 1. The number of benzene rings is 2. The lowest BCUT2D eigenvalue weighted by Gasteiger charge is -2.30. The number of carbonyl (C=O) groups is 1. The number of rotatable bonds is 11. The number of nitrogens with one attached hydrogen (secondary N) is 1. The minimum Gasteiger partial charge on any atom is -0.383 e. The van der Waals surface area contributed by atoms with Gasteiger partial charge in [0.2, 0.25) is 5.91 Å². The summed E-state index contributed by atoms with van der Waals surface area (Å²) < 4.78 is 1.34. The van der Waals surface area contributed by atoms with Crippen molar-refractivity contribution in [3.8, 4) is 0 Å². The van der Waals surface area contributed by atoms with E-state index in [1.54, 1.807) is 0 Å². The van der Waals surface area contributed by atoms with Crippen molar-refractivity contribution in [1.82, 2.24) is 14.5 Å². The molecule has 0 aliphatic heterocycles. The molecule has 3 N–H and O–H groups in total. The van der Waals surface area contributed by atoms with E-state index in [1.807, 2.05) is 86.3 Å². The Bertz CT molecular complexity index is 1220. The fraction of sp³-hybridized carbons (Fsp3) is 0.370. The first-order valence-electron chi connectivity index (χ1n) is 12.1. The monoisotopic (exact) mass is 477 g/mol. The zero-order chi connectivity index (χ0) is 25.4. The summed E-state index contributed by atoms with van der Waals surface area (Å²) in [5.74, 6) is -0.257. The van der Waals surface area contributed by atoms with Gasteiger partial charge < -0.3 is 5.73 Å². The zero-order valence-corrected chi connectivity index (χ0v) is 20.7. The molecular weight excluding hydrogens is 442 g/mol. The highest BCUT2D eigenvalue weighted by atomic mass is 16.2. The molecule has 1 heterocycles. The zero-order valence-electron chi connectivity index (χ0n) is 20.7. The van der Waals surface area contributed by atoms with Gasteiger partial charge in [-0.2, -0.15) is 0 Å². The first-order chi connectivity index (χ1) is 16.8. The van der Waals surface area contributed by atoms with Gasteiger partial charge in [-0.25, -0.2) is 4.79 Å². The average Bonchev–Trinajstić information content (AvgIpc) is 2.84. The van der Waals surface area contributed by atoms with E-state index in [4.69, 9.17) is 5.73 Å². The van der Waals surface area contributed by atoms with Gasteiger partial charge in [-0.05, 0) is 31.4 Å². The molecule has 3 rings (SSSR count). The summed E-state index contributed by atoms with van der Waals surface area (Å²) in [7, 11) is 0. The van der Waals surface area contributed by atoms with E-state index in [9.17, 15) is 14.4 Å². The van der Waals surface area contributed by atoms with Gasteiger partial charge in [0, 0.05) is 19.1 Å². The second kappa shape index (κ2) is 12.2. The van der Waals surface area contributed by atoms with Crippen molar-refractivity contribution < 1.29 is 4.79 Å². The van der Waals surface area contributed by atoms with Gasteiger partial charge in [0.05, 0.1) is 13.1 Å². The van der Waals surface area contributed by atoms with Crippen LogP contribution in [0.3, 0.4) is 0 Å². The van der Waals surface area contributed by atoms with Crippen molar-refractivity contribution in [1.29, 1.82) is 0 Å². The third-order valence-corrected chi connectivity index (χ3v) is 6.00. The van der Waals surface area contributed by atoms with Gasteiger partial charge in [0.25, 0.3) is 5.56 Å². The molecule has 1 amide bonds. The van der Waals surface area contributed by atoms with Crippen LogP contribution < -0.4 is 21.9 Å². The third kappa shape index (κ3) is 6.70. The fourth-order valence-electron chi connectivity index (χ4n) is 3.93. The third-order valence-electron chi connectivity index (χ3n) is 6.00. The van der Waals surface area contributed by atoms with Crippen LogP contribution in [0.25, 0.3) is 0 Å². The molecule has 0 fully saturated rings. The highest BCUT2D eigenvalue weighted by Crippen LogP contribution is 2.21. The summed E-state index contributed by atoms with van der Waals surface area (Å²) in [5, 5.41) is 0. The molecule has 3 aromatic rings. The molecule has 35 heavy (non-hydrogen) atoms. The molecule has 1 aromatic heterocycles. The van der Waals surface area contributed by atoms with Crippen LogP contribution in [0.15, 0.2) is 70.3 Å². The van der Waals surface area contributed by atoms with Gasteiger partial charge in [0.1, 0.15) is 5.82 Å². The van der Waals surface area contributed by atoms with Crippen molar-refractivity contribution >= 4 is 17.4 Å². The molecule has 0 atom stereocenters. The maximum absolute atomic E-state index is 13.8. The van der Waals surface area contributed by atoms with E-state index >= 15 is 0 Å². The van der Waals surface area contributed by atoms with E-state index in [-0.39, 0.29) is 36.5 Å². The number of nitrogen functional groups attached to an aromatic ring is 1. The number of unbranched alkanes of at least 4 members (excludes halogenated alkanes) is 1. The molecule has 0 aliphatic rings. The molecule has 8 nitrogen and oxygen atoms in total. The van der Waals surface area contributed by atoms with Crippen molar-refractivity contribution in [3.63, 3.8) is 0 Å². The molecule has 0 spiro atoms. The van der Waals surface area contributed by atoms with Gasteiger partial charge in [0.15, 0.2) is 5.69 Å². The summed E-state index contributed by atoms with van der Waals surface area (Å²) >= 11 is 0. The van der Waals surface area contributed by atoms with E-state index in [0.29, 0.717) is 13.1 Å². The van der Waals surface area contributed by atoms with Crippen LogP contribution in [0.1, 0.15) is 44.7 Å². The van der Waals surface area contributed by atoms with E-state index in [2.05, 4.69) is 4.98 Å². The highest BCUT2D eigenvalue weighted by molar-refractivity contribution is 5.96. The lowest BCUT2D eigenvalue weighted by Crippen LogP contribution is -2.46. The number of aromatic nitrogens is 2. The predicted octanol–water partition coefficient (Wildman–Crippen LogP) is 3.36. The maximum Gasteiger partial charge on any atom is 0.330 e. The summed E-state index contributed by atoms with van der Waals surface area (Å²) in [6, 6.07) is 19.5. The number of H-pyrrole nitrogens is 1. The van der Waals surface area contributed by atoms with Gasteiger partial charge in [-0.3, -0.25) is 28.9 Å². The fourth-order valence-corrected chi connectivity index (χ4v) is 3.93. The van der Waals surface area contributed by atoms with Crippen LogP contribution in [0, 0.1) is 0 Å². The minimum atomic E-state index is -0.663. The molecule has 0 bridgehead atoms. The Kier molecular flexibility index (Phi) is 9.03. The first kappa shape index (κ1) is 26.0. The Morgan fingerprint density at radius 3 is 2.09 bits per heavy atom. The maximum atomic E-state index is 13.8. The Hall–Kier alpha value is -3.65. The van der Waals surface area contributed by atoms with Crippen LogP contribution in [0.2, 0.25) is 0 Å². The largest absolute Gasteiger partial charge is 0.383 e. The van der Waals surface area contributed by atoms with Crippen LogP contribution in [0.5, 0.6) is 0 Å². The quantitative estimate of drug-likeness (QED) is 0.441. The first-order valence-corrected chi connectivity index (χ1v) is 12.1. The molecule has 0 saturated heterocycles. The standard InChI is InChI=1S/C27H35N5O3/c1-4-5-16-31-25(28)24(26(34)29-27(31)35)32(18-22-14-10-7-11-15-22)23(33)19-30(20(2)3)17-21-12-8-6-9-13-21/h6-15,20H,4-5,16-19,28H2,1-3H3,(H,29,34,35). The van der Waals surface area contributed by atoms with Crippen molar-refractivity contribution in [2.45, 2.75) is 59.3 Å². The number of nitrogens with zero attached hydrogens (tertiary/aromatic N) is 3. The predicted molar refractivity (Wildman–Crippen MR) is 140 cm³/mol. The average molecular weight is 478 g/mol. The lowest BCUT2D eigenvalue weighted by molar-refractivity contribution is -0.120. The number of aromatic amines is 1. The molecule has 186 valence electrons. The minimum absolute atomic E-state index is 0.00985. The van der Waals surface area contributed by atoms with E-state index in [1.165, 1.54) is 9.47 Å². The number of nitrogens with two attached hydrogens (primary N) is 1. The summed E-state index contributed by atoms with van der Waals surface area (Å²) in [5.41, 5.74) is 7.10. The SMILES string of the molecule is CCCCn1c(N)c(N(Cc2ccccc2)C(=O)CN(Cc2ccccc2)C(C)C)c(=O)[nH]c1=O. The van der Waals surface area contributed by atoms with Crippen LogP contribution in [-0.4, -0.2) is 32.9 Å². The number of anilines is 2. The normalized spacial score (nSPS) is 11.2. The Labute approximate surface area is 206 Å². The van der Waals surface area contributed by atoms with E-state index in [0.717, 1.165) is 24.0 Å². The second-order valence-corrected chi connectivity index (χ2v) is 8.95. The van der Waals surface area contributed by atoms with Crippen molar-refractivity contribution in [2.24, 2.45) is 0 Å². The molecular formula is C27H35N5O3. The number of carbonyl (C=O) groups excluding carboxylic acids is 1. The smallest absolute Gasteiger partial charge is 0.330 e. The Morgan fingerprint density at radius 1 is 0.971 bits per heavy atom. The second-order valence-electron chi connectivity index (χ2n) is 8.95. The van der Waals surface area contributed by atoms with Crippen LogP contribution in [-0.2, 0) is 24.4 Å². The number of hydrogen-bond acceptors (Lipinski definition) is 5. The van der Waals surface area contributed by atoms with Gasteiger partial charge in [-0.15, -0.1) is 0 Å². The van der Waals surface area contributed by atoms with Gasteiger partial charge in [-0.1, -0.05) is 74.0 Å². The van der Waals surface area contributed by atoms with Gasteiger partial charge >= 0.3 is 5.69 Å². The highest BCUT2D eigenvalue weighted by Gasteiger charge is 2.26.